The number of nitrogens with one attached hydrogen (secondary N) is 1. The van der Waals surface area contributed by atoms with E-state index in [1.54, 1.807) is 24.4 Å². The zero-order valence-corrected chi connectivity index (χ0v) is 16.5. The average molecular weight is 409 g/mol. The van der Waals surface area contributed by atoms with Crippen molar-refractivity contribution in [2.24, 2.45) is 0 Å². The zero-order chi connectivity index (χ0) is 20.8. The third-order valence-electron chi connectivity index (χ3n) is 5.07. The van der Waals surface area contributed by atoms with Crippen molar-refractivity contribution in [3.63, 3.8) is 0 Å². The molecule has 3 heterocycles. The molecule has 1 aliphatic heterocycles. The summed E-state index contributed by atoms with van der Waals surface area (Å²) in [5, 5.41) is 12.9. The number of aromatic nitrogens is 3. The van der Waals surface area contributed by atoms with E-state index in [4.69, 9.17) is 4.74 Å². The number of rotatable bonds is 7. The molecule has 4 rings (SSSR count). The van der Waals surface area contributed by atoms with E-state index in [2.05, 4.69) is 25.2 Å². The lowest BCUT2D eigenvalue weighted by Crippen LogP contribution is -2.42. The number of piperidine rings is 1. The Labute approximate surface area is 174 Å². The van der Waals surface area contributed by atoms with Gasteiger partial charge in [-0.15, -0.1) is 0 Å². The molecule has 0 radical (unpaired) electrons. The molecule has 3 aromatic rings. The first-order chi connectivity index (χ1) is 14.7. The second-order valence-electron chi connectivity index (χ2n) is 7.20. The standard InChI is InChI=1S/C22H24FN5O2/c23-17-4-3-6-19(10-17)30-22-8-7-16(13-25-22)12-24-20-11-21(27-15-26-20)28-9-2-1-5-18(28)14-29/h3-4,6-8,10-11,13,15,18,29H,1-2,5,9,12,14H2,(H,24,26,27). The summed E-state index contributed by atoms with van der Waals surface area (Å²) >= 11 is 0. The molecule has 0 spiro atoms. The summed E-state index contributed by atoms with van der Waals surface area (Å²) in [6.45, 7) is 1.55. The van der Waals surface area contributed by atoms with Crippen LogP contribution in [0.1, 0.15) is 24.8 Å². The predicted molar refractivity (Wildman–Crippen MR) is 112 cm³/mol. The minimum absolute atomic E-state index is 0.108. The van der Waals surface area contributed by atoms with Crippen LogP contribution in [0.3, 0.4) is 0 Å². The van der Waals surface area contributed by atoms with Crippen LogP contribution in [-0.4, -0.2) is 39.3 Å². The smallest absolute Gasteiger partial charge is 0.219 e. The number of halogens is 1. The second kappa shape index (κ2) is 9.49. The van der Waals surface area contributed by atoms with Gasteiger partial charge in [0, 0.05) is 37.5 Å². The highest BCUT2D eigenvalue weighted by molar-refractivity contribution is 5.49. The molecule has 0 saturated carbocycles. The van der Waals surface area contributed by atoms with Gasteiger partial charge in [-0.2, -0.15) is 0 Å². The number of aliphatic hydroxyl groups excluding tert-OH is 1. The Hall–Kier alpha value is -3.26. The van der Waals surface area contributed by atoms with Crippen LogP contribution in [0.25, 0.3) is 0 Å². The molecular formula is C22H24FN5O2. The average Bonchev–Trinajstić information content (AvgIpc) is 2.79. The SMILES string of the molecule is OCC1CCCCN1c1cc(NCc2ccc(Oc3cccc(F)c3)nc2)ncn1. The fraction of sp³-hybridized carbons (Fsp3) is 0.318. The van der Waals surface area contributed by atoms with Crippen molar-refractivity contribution < 1.29 is 14.2 Å². The first-order valence-electron chi connectivity index (χ1n) is 10.0. The highest BCUT2D eigenvalue weighted by Crippen LogP contribution is 2.24. The number of pyridine rings is 1. The number of nitrogens with zero attached hydrogens (tertiary/aromatic N) is 4. The van der Waals surface area contributed by atoms with Crippen molar-refractivity contribution in [3.05, 3.63) is 66.4 Å². The Morgan fingerprint density at radius 2 is 2.07 bits per heavy atom. The lowest BCUT2D eigenvalue weighted by Gasteiger charge is -2.35. The van der Waals surface area contributed by atoms with Gasteiger partial charge in [-0.25, -0.2) is 19.3 Å². The summed E-state index contributed by atoms with van der Waals surface area (Å²) < 4.78 is 18.8. The van der Waals surface area contributed by atoms with Gasteiger partial charge in [-0.3, -0.25) is 0 Å². The van der Waals surface area contributed by atoms with Gasteiger partial charge in [-0.05, 0) is 37.0 Å². The van der Waals surface area contributed by atoms with E-state index in [-0.39, 0.29) is 18.5 Å². The van der Waals surface area contributed by atoms with Crippen molar-refractivity contribution >= 4 is 11.6 Å². The van der Waals surface area contributed by atoms with Crippen molar-refractivity contribution in [3.8, 4) is 11.6 Å². The largest absolute Gasteiger partial charge is 0.439 e. The van der Waals surface area contributed by atoms with Gasteiger partial charge in [0.1, 0.15) is 29.5 Å². The molecule has 1 fully saturated rings. The zero-order valence-electron chi connectivity index (χ0n) is 16.5. The van der Waals surface area contributed by atoms with Gasteiger partial charge in [0.2, 0.25) is 5.88 Å². The molecule has 1 unspecified atom stereocenters. The lowest BCUT2D eigenvalue weighted by atomic mass is 10.0. The van der Waals surface area contributed by atoms with Crippen LogP contribution in [0.2, 0.25) is 0 Å². The fourth-order valence-corrected chi connectivity index (χ4v) is 3.51. The van der Waals surface area contributed by atoms with E-state index in [1.165, 1.54) is 18.5 Å². The fourth-order valence-electron chi connectivity index (χ4n) is 3.51. The first kappa shape index (κ1) is 20.0. The summed E-state index contributed by atoms with van der Waals surface area (Å²) in [4.78, 5) is 15.1. The van der Waals surface area contributed by atoms with Crippen LogP contribution in [-0.2, 0) is 6.54 Å². The number of hydrogen-bond donors (Lipinski definition) is 2. The highest BCUT2D eigenvalue weighted by atomic mass is 19.1. The van der Waals surface area contributed by atoms with Crippen molar-refractivity contribution in [1.29, 1.82) is 0 Å². The molecular weight excluding hydrogens is 385 g/mol. The van der Waals surface area contributed by atoms with Gasteiger partial charge in [-0.1, -0.05) is 12.1 Å². The molecule has 2 aromatic heterocycles. The lowest BCUT2D eigenvalue weighted by molar-refractivity contribution is 0.239. The van der Waals surface area contributed by atoms with E-state index in [1.807, 2.05) is 12.1 Å². The van der Waals surface area contributed by atoms with Crippen LogP contribution < -0.4 is 15.0 Å². The maximum atomic E-state index is 13.3. The Morgan fingerprint density at radius 1 is 1.13 bits per heavy atom. The van der Waals surface area contributed by atoms with Crippen LogP contribution in [0.5, 0.6) is 11.6 Å². The van der Waals surface area contributed by atoms with Crippen LogP contribution in [0.4, 0.5) is 16.0 Å². The molecule has 7 nitrogen and oxygen atoms in total. The molecule has 1 aliphatic rings. The maximum absolute atomic E-state index is 13.3. The van der Waals surface area contributed by atoms with E-state index in [0.29, 0.717) is 24.0 Å². The number of anilines is 2. The normalized spacial score (nSPS) is 16.3. The predicted octanol–water partition coefficient (Wildman–Crippen LogP) is 3.77. The van der Waals surface area contributed by atoms with Gasteiger partial charge in [0.25, 0.3) is 0 Å². The number of hydrogen-bond acceptors (Lipinski definition) is 7. The van der Waals surface area contributed by atoms with Gasteiger partial charge in [0.05, 0.1) is 12.6 Å². The Kier molecular flexibility index (Phi) is 6.34. The molecule has 0 aliphatic carbocycles. The van der Waals surface area contributed by atoms with Crippen molar-refractivity contribution in [2.45, 2.75) is 31.8 Å². The Bertz CT molecular complexity index is 970. The molecule has 2 N–H and O–H groups in total. The van der Waals surface area contributed by atoms with Crippen LogP contribution >= 0.6 is 0 Å². The maximum Gasteiger partial charge on any atom is 0.219 e. The first-order valence-corrected chi connectivity index (χ1v) is 10.0. The molecule has 8 heteroatoms. The minimum atomic E-state index is -0.354. The molecule has 0 amide bonds. The topological polar surface area (TPSA) is 83.4 Å². The van der Waals surface area contributed by atoms with E-state index >= 15 is 0 Å². The molecule has 30 heavy (non-hydrogen) atoms. The van der Waals surface area contributed by atoms with Gasteiger partial charge < -0.3 is 20.1 Å². The molecule has 1 saturated heterocycles. The minimum Gasteiger partial charge on any atom is -0.439 e. The van der Waals surface area contributed by atoms with E-state index < -0.39 is 0 Å². The Balaban J connectivity index is 1.36. The van der Waals surface area contributed by atoms with Crippen LogP contribution in [0, 0.1) is 5.82 Å². The summed E-state index contributed by atoms with van der Waals surface area (Å²) in [6.07, 6.45) is 6.44. The van der Waals surface area contributed by atoms with Crippen molar-refractivity contribution in [1.82, 2.24) is 15.0 Å². The Morgan fingerprint density at radius 3 is 2.87 bits per heavy atom. The number of ether oxygens (including phenoxy) is 1. The summed E-state index contributed by atoms with van der Waals surface area (Å²) in [7, 11) is 0. The molecule has 156 valence electrons. The van der Waals surface area contributed by atoms with E-state index in [9.17, 15) is 9.50 Å². The van der Waals surface area contributed by atoms with E-state index in [0.717, 1.165) is 37.2 Å². The quantitative estimate of drug-likeness (QED) is 0.615. The molecule has 1 aromatic carbocycles. The van der Waals surface area contributed by atoms with Crippen LogP contribution in [0.15, 0.2) is 55.0 Å². The van der Waals surface area contributed by atoms with Gasteiger partial charge in [0.15, 0.2) is 0 Å². The third-order valence-corrected chi connectivity index (χ3v) is 5.07. The number of aliphatic hydroxyl groups is 1. The molecule has 1 atom stereocenters. The summed E-state index contributed by atoms with van der Waals surface area (Å²) in [6, 6.07) is 11.6. The monoisotopic (exact) mass is 409 g/mol. The van der Waals surface area contributed by atoms with Crippen molar-refractivity contribution in [2.75, 3.05) is 23.4 Å². The highest BCUT2D eigenvalue weighted by Gasteiger charge is 2.23. The summed E-state index contributed by atoms with van der Waals surface area (Å²) in [5.41, 5.74) is 0.952. The summed E-state index contributed by atoms with van der Waals surface area (Å²) in [5.74, 6) is 1.98. The number of benzene rings is 1. The van der Waals surface area contributed by atoms with Gasteiger partial charge >= 0.3 is 0 Å². The molecule has 0 bridgehead atoms. The second-order valence-corrected chi connectivity index (χ2v) is 7.20. The third kappa shape index (κ3) is 5.01.